The molecule has 0 radical (unpaired) electrons. The van der Waals surface area contributed by atoms with E-state index >= 15 is 0 Å². The molecule has 0 spiro atoms. The van der Waals surface area contributed by atoms with Crippen molar-refractivity contribution in [2.24, 2.45) is 0 Å². The van der Waals surface area contributed by atoms with Crippen molar-refractivity contribution < 1.29 is 4.42 Å². The summed E-state index contributed by atoms with van der Waals surface area (Å²) in [6.45, 7) is 0. The molecule has 0 N–H and O–H groups in total. The molecular formula is C48H32O. The molecule has 1 aliphatic rings. The first-order chi connectivity index (χ1) is 24.3. The number of benzene rings is 8. The van der Waals surface area contributed by atoms with Gasteiger partial charge in [0.15, 0.2) is 0 Å². The topological polar surface area (TPSA) is 13.1 Å². The van der Waals surface area contributed by atoms with Gasteiger partial charge in [0, 0.05) is 11.3 Å². The Morgan fingerprint density at radius 2 is 1.04 bits per heavy atom. The van der Waals surface area contributed by atoms with Gasteiger partial charge in [-0.2, -0.15) is 0 Å². The summed E-state index contributed by atoms with van der Waals surface area (Å²) in [4.78, 5) is 0. The molecule has 0 aliphatic heterocycles. The minimum Gasteiger partial charge on any atom is -0.460 e. The zero-order valence-corrected chi connectivity index (χ0v) is 26.9. The first-order valence-corrected chi connectivity index (χ1v) is 17.1. The Hall–Kier alpha value is -6.18. The molecule has 49 heavy (non-hydrogen) atoms. The van der Waals surface area contributed by atoms with Gasteiger partial charge in [0.1, 0.15) is 11.3 Å². The third-order valence-electron chi connectivity index (χ3n) is 10.4. The molecule has 8 aromatic carbocycles. The lowest BCUT2D eigenvalue weighted by atomic mass is 9.83. The van der Waals surface area contributed by atoms with Gasteiger partial charge in [0.25, 0.3) is 0 Å². The number of allylic oxidation sites excluding steroid dienone is 1. The Morgan fingerprint density at radius 1 is 0.449 bits per heavy atom. The first-order valence-electron chi connectivity index (χ1n) is 17.1. The fourth-order valence-electron chi connectivity index (χ4n) is 8.07. The Bertz CT molecular complexity index is 2660. The van der Waals surface area contributed by atoms with E-state index in [9.17, 15) is 0 Å². The Morgan fingerprint density at radius 3 is 1.78 bits per heavy atom. The van der Waals surface area contributed by atoms with Crippen LogP contribution in [0.5, 0.6) is 0 Å². The van der Waals surface area contributed by atoms with Crippen LogP contribution >= 0.6 is 0 Å². The molecule has 1 nitrogen and oxygen atoms in total. The summed E-state index contributed by atoms with van der Waals surface area (Å²) in [7, 11) is 0. The van der Waals surface area contributed by atoms with Crippen LogP contribution in [0.4, 0.5) is 0 Å². The van der Waals surface area contributed by atoms with Crippen LogP contribution in [0.25, 0.3) is 82.7 Å². The van der Waals surface area contributed by atoms with Crippen molar-refractivity contribution in [1.29, 1.82) is 0 Å². The third-order valence-corrected chi connectivity index (χ3v) is 10.4. The Kier molecular flexibility index (Phi) is 6.38. The number of para-hydroxylation sites is 1. The normalized spacial score (nSPS) is 14.2. The number of fused-ring (bicyclic) bond motifs is 5. The summed E-state index contributed by atoms with van der Waals surface area (Å²) in [6.07, 6.45) is 5.53. The molecule has 9 aromatic rings. The predicted molar refractivity (Wildman–Crippen MR) is 207 cm³/mol. The van der Waals surface area contributed by atoms with E-state index in [1.807, 2.05) is 12.1 Å². The first kappa shape index (κ1) is 27.9. The summed E-state index contributed by atoms with van der Waals surface area (Å²) >= 11 is 0. The highest BCUT2D eigenvalue weighted by Gasteiger charge is 2.22. The van der Waals surface area contributed by atoms with E-state index in [2.05, 4.69) is 164 Å². The van der Waals surface area contributed by atoms with E-state index in [0.29, 0.717) is 0 Å². The third kappa shape index (κ3) is 4.62. The number of hydrogen-bond acceptors (Lipinski definition) is 1. The van der Waals surface area contributed by atoms with Crippen molar-refractivity contribution in [1.82, 2.24) is 0 Å². The van der Waals surface area contributed by atoms with Gasteiger partial charge in [-0.05, 0) is 108 Å². The van der Waals surface area contributed by atoms with Crippen LogP contribution in [0, 0.1) is 0 Å². The highest BCUT2D eigenvalue weighted by molar-refractivity contribution is 6.21. The van der Waals surface area contributed by atoms with Gasteiger partial charge in [-0.15, -0.1) is 0 Å². The minimum atomic E-state index is 0.233. The number of rotatable bonds is 4. The fraction of sp³-hybridized carbons (Fsp3) is 0.0417. The van der Waals surface area contributed by atoms with Crippen LogP contribution in [0.2, 0.25) is 0 Å². The van der Waals surface area contributed by atoms with Crippen LogP contribution in [0.3, 0.4) is 0 Å². The second-order valence-electron chi connectivity index (χ2n) is 13.2. The smallest absolute Gasteiger partial charge is 0.134 e. The largest absolute Gasteiger partial charge is 0.460 e. The lowest BCUT2D eigenvalue weighted by Gasteiger charge is -2.21. The predicted octanol–water partition coefficient (Wildman–Crippen LogP) is 13.2. The van der Waals surface area contributed by atoms with Gasteiger partial charge >= 0.3 is 0 Å². The van der Waals surface area contributed by atoms with E-state index in [0.717, 1.165) is 23.2 Å². The molecule has 0 saturated carbocycles. The molecule has 1 unspecified atom stereocenters. The van der Waals surface area contributed by atoms with E-state index in [1.54, 1.807) is 0 Å². The molecule has 1 aliphatic carbocycles. The minimum absolute atomic E-state index is 0.233. The second-order valence-corrected chi connectivity index (χ2v) is 13.2. The molecule has 0 saturated heterocycles. The van der Waals surface area contributed by atoms with Crippen molar-refractivity contribution in [3.05, 3.63) is 187 Å². The average Bonchev–Trinajstić information content (AvgIpc) is 3.61. The van der Waals surface area contributed by atoms with E-state index in [1.165, 1.54) is 76.8 Å². The molecule has 10 rings (SSSR count). The van der Waals surface area contributed by atoms with Crippen molar-refractivity contribution in [3.8, 4) is 33.4 Å². The molecule has 1 heteroatoms. The van der Waals surface area contributed by atoms with Crippen molar-refractivity contribution in [2.45, 2.75) is 12.3 Å². The van der Waals surface area contributed by atoms with Crippen LogP contribution < -0.4 is 0 Å². The van der Waals surface area contributed by atoms with Gasteiger partial charge in [-0.3, -0.25) is 0 Å². The average molecular weight is 625 g/mol. The molecule has 1 atom stereocenters. The van der Waals surface area contributed by atoms with Crippen LogP contribution in [-0.2, 0) is 6.42 Å². The van der Waals surface area contributed by atoms with Gasteiger partial charge < -0.3 is 4.42 Å². The maximum atomic E-state index is 6.26. The van der Waals surface area contributed by atoms with Crippen molar-refractivity contribution in [3.63, 3.8) is 0 Å². The van der Waals surface area contributed by atoms with Crippen LogP contribution in [0.1, 0.15) is 22.8 Å². The maximum absolute atomic E-state index is 6.26. The second kappa shape index (κ2) is 11.2. The molecule has 0 amide bonds. The van der Waals surface area contributed by atoms with Crippen LogP contribution in [0.15, 0.2) is 174 Å². The molecule has 0 fully saturated rings. The highest BCUT2D eigenvalue weighted by Crippen LogP contribution is 2.45. The number of hydrogen-bond donors (Lipinski definition) is 0. The zero-order valence-electron chi connectivity index (χ0n) is 26.9. The monoisotopic (exact) mass is 624 g/mol. The summed E-state index contributed by atoms with van der Waals surface area (Å²) in [6, 6.07) is 59.7. The molecule has 1 heterocycles. The zero-order chi connectivity index (χ0) is 32.3. The van der Waals surface area contributed by atoms with E-state index in [-0.39, 0.29) is 5.92 Å². The van der Waals surface area contributed by atoms with E-state index < -0.39 is 0 Å². The summed E-state index contributed by atoms with van der Waals surface area (Å²) < 4.78 is 6.26. The molecule has 230 valence electrons. The standard InChI is InChI=1S/C48H32O/c1-3-16-39-31(11-1)13-10-21-40(39)34-14-9-15-37(29-34)47-41-17-4-6-19-43(41)48(44-20-7-5-18-42(44)47)38-26-24-32-27-36(25-23-33(32)28-38)46-30-35-12-2-8-22-45(35)49-46/h1-26,28-30,36H,27H2. The van der Waals surface area contributed by atoms with E-state index in [4.69, 9.17) is 4.42 Å². The summed E-state index contributed by atoms with van der Waals surface area (Å²) in [5.41, 5.74) is 11.1. The summed E-state index contributed by atoms with van der Waals surface area (Å²) in [5.74, 6) is 1.26. The van der Waals surface area contributed by atoms with Crippen molar-refractivity contribution in [2.75, 3.05) is 0 Å². The maximum Gasteiger partial charge on any atom is 0.134 e. The Balaban J connectivity index is 1.11. The quantitative estimate of drug-likeness (QED) is 0.178. The Labute approximate surface area is 285 Å². The van der Waals surface area contributed by atoms with Gasteiger partial charge in [-0.25, -0.2) is 0 Å². The fourth-order valence-corrected chi connectivity index (χ4v) is 8.07. The van der Waals surface area contributed by atoms with Gasteiger partial charge in [-0.1, -0.05) is 152 Å². The van der Waals surface area contributed by atoms with Crippen LogP contribution in [-0.4, -0.2) is 0 Å². The lowest BCUT2D eigenvalue weighted by Crippen LogP contribution is -2.05. The summed E-state index contributed by atoms with van der Waals surface area (Å²) in [5, 5.41) is 8.77. The molecular weight excluding hydrogens is 593 g/mol. The SMILES string of the molecule is C1=CC(c2cc3ccccc3o2)Cc2ccc(-c3c4ccccc4c(-c4cccc(-c5cccc6ccccc56)c4)c4ccccc34)cc21. The van der Waals surface area contributed by atoms with Gasteiger partial charge in [0.2, 0.25) is 0 Å². The molecule has 0 bridgehead atoms. The highest BCUT2D eigenvalue weighted by atomic mass is 16.3. The lowest BCUT2D eigenvalue weighted by molar-refractivity contribution is 0.522. The van der Waals surface area contributed by atoms with Gasteiger partial charge in [0.05, 0.1) is 0 Å². The molecule has 1 aromatic heterocycles. The van der Waals surface area contributed by atoms with Crippen molar-refractivity contribution >= 4 is 49.4 Å². The number of furan rings is 1.